The molecule has 3 N–H and O–H groups in total. The van der Waals surface area contributed by atoms with E-state index in [4.69, 9.17) is 5.73 Å². The smallest absolute Gasteiger partial charge is 0.273 e. The van der Waals surface area contributed by atoms with Crippen molar-refractivity contribution in [3.8, 4) is 5.69 Å². The third-order valence-electron chi connectivity index (χ3n) is 5.13. The molecule has 1 aliphatic carbocycles. The highest BCUT2D eigenvalue weighted by Crippen LogP contribution is 2.37. The van der Waals surface area contributed by atoms with Crippen LogP contribution < -0.4 is 16.6 Å². The first-order valence-corrected chi connectivity index (χ1v) is 8.85. The van der Waals surface area contributed by atoms with Gasteiger partial charge in [-0.3, -0.25) is 23.9 Å². The van der Waals surface area contributed by atoms with Crippen LogP contribution in [-0.4, -0.2) is 21.4 Å². The van der Waals surface area contributed by atoms with E-state index in [9.17, 15) is 14.4 Å². The van der Waals surface area contributed by atoms with Gasteiger partial charge in [-0.1, -0.05) is 24.3 Å². The standard InChI is InChI=1S/C21H18N4O3/c22-20(28)21(10-9-14-3-1-2-4-17(14)21)24-19(27)15-5-7-16(8-6-15)25-12-11-23-13-18(25)26/h1-8,11-13H,9-10H2,(H2,22,28)(H,24,27). The average Bonchev–Trinajstić information content (AvgIpc) is 3.08. The lowest BCUT2D eigenvalue weighted by Crippen LogP contribution is -2.53. The Morgan fingerprint density at radius 1 is 1.11 bits per heavy atom. The third kappa shape index (κ3) is 2.87. The molecule has 7 heteroatoms. The number of nitrogens with one attached hydrogen (secondary N) is 1. The molecule has 0 saturated heterocycles. The molecule has 1 atom stereocenters. The Morgan fingerprint density at radius 3 is 2.57 bits per heavy atom. The Hall–Kier alpha value is -3.74. The minimum atomic E-state index is -1.21. The van der Waals surface area contributed by atoms with Gasteiger partial charge in [0.15, 0.2) is 0 Å². The summed E-state index contributed by atoms with van der Waals surface area (Å²) in [6, 6.07) is 14.0. The summed E-state index contributed by atoms with van der Waals surface area (Å²) in [6.07, 6.45) is 5.38. The number of primary amides is 1. The number of aryl methyl sites for hydroxylation is 1. The second-order valence-electron chi connectivity index (χ2n) is 6.71. The fourth-order valence-corrected chi connectivity index (χ4v) is 3.66. The van der Waals surface area contributed by atoms with Gasteiger partial charge in [0.2, 0.25) is 5.91 Å². The van der Waals surface area contributed by atoms with Crippen molar-refractivity contribution in [1.82, 2.24) is 14.9 Å². The van der Waals surface area contributed by atoms with Crippen LogP contribution in [0.1, 0.15) is 27.9 Å². The third-order valence-corrected chi connectivity index (χ3v) is 5.13. The van der Waals surface area contributed by atoms with Gasteiger partial charge in [-0.05, 0) is 48.2 Å². The van der Waals surface area contributed by atoms with Crippen molar-refractivity contribution < 1.29 is 9.59 Å². The van der Waals surface area contributed by atoms with Crippen LogP contribution in [0.15, 0.2) is 71.9 Å². The Balaban J connectivity index is 1.62. The minimum absolute atomic E-state index is 0.269. The topological polar surface area (TPSA) is 107 Å². The van der Waals surface area contributed by atoms with Gasteiger partial charge >= 0.3 is 0 Å². The van der Waals surface area contributed by atoms with Gasteiger partial charge in [0.25, 0.3) is 11.5 Å². The van der Waals surface area contributed by atoms with E-state index in [1.54, 1.807) is 30.5 Å². The summed E-state index contributed by atoms with van der Waals surface area (Å²) in [7, 11) is 0. The van der Waals surface area contributed by atoms with E-state index in [0.717, 1.165) is 11.1 Å². The predicted octanol–water partition coefficient (Wildman–Crippen LogP) is 1.29. The number of hydrogen-bond acceptors (Lipinski definition) is 4. The van der Waals surface area contributed by atoms with Crippen LogP contribution in [0.5, 0.6) is 0 Å². The van der Waals surface area contributed by atoms with Crippen molar-refractivity contribution in [3.63, 3.8) is 0 Å². The fourth-order valence-electron chi connectivity index (χ4n) is 3.66. The number of nitrogens with two attached hydrogens (primary N) is 1. The number of benzene rings is 2. The summed E-state index contributed by atoms with van der Waals surface area (Å²) in [5.41, 5.74) is 6.95. The Kier molecular flexibility index (Phi) is 4.27. The number of aromatic nitrogens is 2. The number of hydrogen-bond donors (Lipinski definition) is 2. The Labute approximate surface area is 160 Å². The van der Waals surface area contributed by atoms with Crippen LogP contribution >= 0.6 is 0 Å². The zero-order valence-corrected chi connectivity index (χ0v) is 15.0. The van der Waals surface area contributed by atoms with E-state index in [2.05, 4.69) is 10.3 Å². The molecule has 1 aromatic heterocycles. The minimum Gasteiger partial charge on any atom is -0.367 e. The summed E-state index contributed by atoms with van der Waals surface area (Å²) < 4.78 is 1.42. The molecule has 1 aliphatic rings. The first-order chi connectivity index (χ1) is 13.5. The molecule has 0 radical (unpaired) electrons. The van der Waals surface area contributed by atoms with Gasteiger partial charge in [-0.25, -0.2) is 0 Å². The first-order valence-electron chi connectivity index (χ1n) is 8.85. The molecule has 0 saturated carbocycles. The highest BCUT2D eigenvalue weighted by molar-refractivity contribution is 6.00. The lowest BCUT2D eigenvalue weighted by molar-refractivity contribution is -0.124. The quantitative estimate of drug-likeness (QED) is 0.717. The normalized spacial score (nSPS) is 17.7. The van der Waals surface area contributed by atoms with Gasteiger partial charge in [-0.2, -0.15) is 0 Å². The molecule has 2 aromatic carbocycles. The maximum Gasteiger partial charge on any atom is 0.273 e. The van der Waals surface area contributed by atoms with Crippen molar-refractivity contribution in [2.24, 2.45) is 5.73 Å². The Bertz CT molecular complexity index is 1120. The largest absolute Gasteiger partial charge is 0.367 e. The summed E-state index contributed by atoms with van der Waals surface area (Å²) >= 11 is 0. The van der Waals surface area contributed by atoms with E-state index in [1.807, 2.05) is 24.3 Å². The van der Waals surface area contributed by atoms with E-state index in [1.165, 1.54) is 17.0 Å². The van der Waals surface area contributed by atoms with Crippen LogP contribution in [0.3, 0.4) is 0 Å². The maximum atomic E-state index is 12.8. The van der Waals surface area contributed by atoms with Gasteiger partial charge < -0.3 is 11.1 Å². The van der Waals surface area contributed by atoms with E-state index in [0.29, 0.717) is 24.1 Å². The number of carbonyl (C=O) groups is 2. The average molecular weight is 374 g/mol. The number of fused-ring (bicyclic) bond motifs is 1. The maximum absolute atomic E-state index is 12.8. The number of amides is 2. The molecule has 28 heavy (non-hydrogen) atoms. The summed E-state index contributed by atoms with van der Waals surface area (Å²) in [5.74, 6) is -0.977. The summed E-state index contributed by atoms with van der Waals surface area (Å²) in [4.78, 5) is 40.8. The lowest BCUT2D eigenvalue weighted by Gasteiger charge is -2.28. The molecule has 140 valence electrons. The highest BCUT2D eigenvalue weighted by atomic mass is 16.2. The van der Waals surface area contributed by atoms with Crippen molar-refractivity contribution >= 4 is 11.8 Å². The lowest BCUT2D eigenvalue weighted by atomic mass is 9.90. The highest BCUT2D eigenvalue weighted by Gasteiger charge is 2.45. The number of carbonyl (C=O) groups excluding carboxylic acids is 2. The molecular weight excluding hydrogens is 356 g/mol. The van der Waals surface area contributed by atoms with Crippen LogP contribution in [0.2, 0.25) is 0 Å². The molecule has 0 spiro atoms. The fraction of sp³-hybridized carbons (Fsp3) is 0.143. The zero-order chi connectivity index (χ0) is 19.7. The molecule has 1 unspecified atom stereocenters. The van der Waals surface area contributed by atoms with Gasteiger partial charge in [0.05, 0.1) is 6.20 Å². The Morgan fingerprint density at radius 2 is 1.86 bits per heavy atom. The van der Waals surface area contributed by atoms with E-state index in [-0.39, 0.29) is 5.56 Å². The molecule has 1 heterocycles. The van der Waals surface area contributed by atoms with Crippen LogP contribution in [0, 0.1) is 0 Å². The predicted molar refractivity (Wildman–Crippen MR) is 103 cm³/mol. The van der Waals surface area contributed by atoms with Crippen molar-refractivity contribution in [3.05, 3.63) is 94.2 Å². The zero-order valence-electron chi connectivity index (χ0n) is 15.0. The molecular formula is C21H18N4O3. The molecule has 7 nitrogen and oxygen atoms in total. The number of rotatable bonds is 4. The number of nitrogens with zero attached hydrogens (tertiary/aromatic N) is 2. The van der Waals surface area contributed by atoms with E-state index >= 15 is 0 Å². The molecule has 4 rings (SSSR count). The molecule has 0 fully saturated rings. The van der Waals surface area contributed by atoms with Crippen molar-refractivity contribution in [2.75, 3.05) is 0 Å². The van der Waals surface area contributed by atoms with Crippen molar-refractivity contribution in [1.29, 1.82) is 0 Å². The van der Waals surface area contributed by atoms with E-state index < -0.39 is 17.4 Å². The summed E-state index contributed by atoms with van der Waals surface area (Å²) in [5, 5.41) is 2.84. The SMILES string of the molecule is NC(=O)C1(NC(=O)c2ccc(-n3ccncc3=O)cc2)CCc2ccccc21. The molecule has 2 amide bonds. The molecule has 0 bridgehead atoms. The summed E-state index contributed by atoms with van der Waals surface area (Å²) in [6.45, 7) is 0. The van der Waals surface area contributed by atoms with Gasteiger partial charge in [0, 0.05) is 23.6 Å². The van der Waals surface area contributed by atoms with Crippen LogP contribution in [-0.2, 0) is 16.8 Å². The monoisotopic (exact) mass is 374 g/mol. The van der Waals surface area contributed by atoms with Gasteiger partial charge in [0.1, 0.15) is 5.54 Å². The van der Waals surface area contributed by atoms with Crippen molar-refractivity contribution in [2.45, 2.75) is 18.4 Å². The molecule has 0 aliphatic heterocycles. The van der Waals surface area contributed by atoms with Crippen LogP contribution in [0.4, 0.5) is 0 Å². The van der Waals surface area contributed by atoms with Gasteiger partial charge in [-0.15, -0.1) is 0 Å². The second-order valence-corrected chi connectivity index (χ2v) is 6.71. The second kappa shape index (κ2) is 6.77. The molecule has 3 aromatic rings. The first kappa shape index (κ1) is 17.7. The van der Waals surface area contributed by atoms with Crippen LogP contribution in [0.25, 0.3) is 5.69 Å².